The van der Waals surface area contributed by atoms with Crippen LogP contribution in [0.5, 0.6) is 0 Å². The first-order chi connectivity index (χ1) is 13.9. The van der Waals surface area contributed by atoms with Crippen molar-refractivity contribution in [3.05, 3.63) is 71.5 Å². The fraction of sp³-hybridized carbons (Fsp3) is 0.417. The van der Waals surface area contributed by atoms with Crippen LogP contribution in [0.25, 0.3) is 0 Å². The van der Waals surface area contributed by atoms with E-state index in [9.17, 15) is 14.0 Å². The summed E-state index contributed by atoms with van der Waals surface area (Å²) in [6, 6.07) is 15.5. The zero-order valence-corrected chi connectivity index (χ0v) is 16.8. The van der Waals surface area contributed by atoms with E-state index in [1.165, 1.54) is 17.7 Å². The second-order valence-electron chi connectivity index (χ2n) is 8.61. The molecule has 2 fully saturated rings. The molecule has 0 bridgehead atoms. The van der Waals surface area contributed by atoms with Crippen LogP contribution < -0.4 is 5.32 Å². The van der Waals surface area contributed by atoms with Gasteiger partial charge in [-0.05, 0) is 47.9 Å². The van der Waals surface area contributed by atoms with Crippen LogP contribution in [0.4, 0.5) is 4.39 Å². The van der Waals surface area contributed by atoms with E-state index in [2.05, 4.69) is 31.3 Å². The van der Waals surface area contributed by atoms with E-state index >= 15 is 0 Å². The van der Waals surface area contributed by atoms with Crippen molar-refractivity contribution in [3.63, 3.8) is 0 Å². The number of carbonyl (C=O) groups is 2. The summed E-state index contributed by atoms with van der Waals surface area (Å²) >= 11 is 0. The maximum Gasteiger partial charge on any atom is 0.243 e. The van der Waals surface area contributed by atoms with Crippen molar-refractivity contribution in [3.8, 4) is 0 Å². The van der Waals surface area contributed by atoms with Crippen molar-refractivity contribution in [1.82, 2.24) is 10.2 Å². The van der Waals surface area contributed by atoms with Gasteiger partial charge in [-0.1, -0.05) is 56.3 Å². The lowest BCUT2D eigenvalue weighted by Gasteiger charge is -2.40. The Kier molecular flexibility index (Phi) is 5.39. The molecule has 4 atom stereocenters. The lowest BCUT2D eigenvalue weighted by Crippen LogP contribution is -2.59. The number of nitrogens with zero attached hydrogens (tertiary/aromatic N) is 1. The molecule has 5 heteroatoms. The second-order valence-corrected chi connectivity index (χ2v) is 8.61. The molecule has 4 nitrogen and oxygen atoms in total. The molecule has 2 aromatic rings. The van der Waals surface area contributed by atoms with Crippen LogP contribution in [0.1, 0.15) is 49.8 Å². The Bertz CT molecular complexity index is 882. The topological polar surface area (TPSA) is 49.4 Å². The highest BCUT2D eigenvalue weighted by Crippen LogP contribution is 2.49. The van der Waals surface area contributed by atoms with Crippen LogP contribution in [-0.2, 0) is 9.59 Å². The van der Waals surface area contributed by atoms with Crippen LogP contribution >= 0.6 is 0 Å². The average molecular weight is 394 g/mol. The predicted octanol–water partition coefficient (Wildman–Crippen LogP) is 4.04. The van der Waals surface area contributed by atoms with Crippen LogP contribution in [0.2, 0.25) is 0 Å². The molecular formula is C24H27FN2O2. The Labute approximate surface area is 171 Å². The highest BCUT2D eigenvalue weighted by atomic mass is 19.1. The summed E-state index contributed by atoms with van der Waals surface area (Å²) in [5.41, 5.74) is 2.00. The molecular weight excluding hydrogens is 367 g/mol. The normalized spacial score (nSPS) is 26.3. The van der Waals surface area contributed by atoms with Crippen LogP contribution in [0.15, 0.2) is 54.6 Å². The van der Waals surface area contributed by atoms with Gasteiger partial charge < -0.3 is 10.2 Å². The van der Waals surface area contributed by atoms with E-state index in [-0.39, 0.29) is 35.5 Å². The van der Waals surface area contributed by atoms with E-state index in [4.69, 9.17) is 0 Å². The smallest absolute Gasteiger partial charge is 0.243 e. The molecule has 2 amide bonds. The van der Waals surface area contributed by atoms with E-state index in [1.54, 1.807) is 17.0 Å². The van der Waals surface area contributed by atoms with Crippen molar-refractivity contribution in [2.75, 3.05) is 6.54 Å². The molecule has 1 saturated carbocycles. The lowest BCUT2D eigenvalue weighted by atomic mass is 9.95. The van der Waals surface area contributed by atoms with E-state index in [1.807, 2.05) is 18.2 Å². The predicted molar refractivity (Wildman–Crippen MR) is 110 cm³/mol. The van der Waals surface area contributed by atoms with Gasteiger partial charge in [0.15, 0.2) is 0 Å². The van der Waals surface area contributed by atoms with Crippen LogP contribution in [-0.4, -0.2) is 29.3 Å². The molecule has 1 saturated heterocycles. The third kappa shape index (κ3) is 4.19. The zero-order chi connectivity index (χ0) is 20.5. The van der Waals surface area contributed by atoms with Gasteiger partial charge in [-0.15, -0.1) is 0 Å². The highest BCUT2D eigenvalue weighted by Gasteiger charge is 2.49. The molecule has 2 aliphatic rings. The molecule has 152 valence electrons. The Morgan fingerprint density at radius 3 is 2.45 bits per heavy atom. The largest absolute Gasteiger partial charge is 0.346 e. The van der Waals surface area contributed by atoms with E-state index in [0.717, 1.165) is 12.0 Å². The standard InChI is InChI=1S/C24H27FN2O2/c1-15(2)12-22-23(28)26-21(17-8-10-18(25)11-9-17)14-27(22)24(29)20-13-19(20)16-6-4-3-5-7-16/h3-11,15,19-22H,12-14H2,1-2H3,(H,26,28)/t19-,20+,21+,22-/m0/s1. The first-order valence-corrected chi connectivity index (χ1v) is 10.3. The zero-order valence-electron chi connectivity index (χ0n) is 16.8. The molecule has 1 aliphatic heterocycles. The third-order valence-electron chi connectivity index (χ3n) is 5.96. The molecule has 1 heterocycles. The van der Waals surface area contributed by atoms with Gasteiger partial charge >= 0.3 is 0 Å². The summed E-state index contributed by atoms with van der Waals surface area (Å²) in [5, 5.41) is 3.04. The van der Waals surface area contributed by atoms with Gasteiger partial charge in [-0.3, -0.25) is 9.59 Å². The van der Waals surface area contributed by atoms with Gasteiger partial charge in [-0.2, -0.15) is 0 Å². The molecule has 0 aromatic heterocycles. The summed E-state index contributed by atoms with van der Waals surface area (Å²) in [7, 11) is 0. The van der Waals surface area contributed by atoms with Crippen molar-refractivity contribution in [2.45, 2.75) is 44.7 Å². The summed E-state index contributed by atoms with van der Waals surface area (Å²) in [6.07, 6.45) is 1.47. The maximum atomic E-state index is 13.4. The van der Waals surface area contributed by atoms with Crippen molar-refractivity contribution >= 4 is 11.8 Å². The average Bonchev–Trinajstić information content (AvgIpc) is 3.51. The number of rotatable bonds is 5. The number of carbonyl (C=O) groups excluding carboxylic acids is 2. The van der Waals surface area contributed by atoms with Crippen LogP contribution in [0, 0.1) is 17.7 Å². The fourth-order valence-electron chi connectivity index (χ4n) is 4.34. The number of halogens is 1. The second kappa shape index (κ2) is 7.97. The first kappa shape index (κ1) is 19.6. The Balaban J connectivity index is 1.55. The fourth-order valence-corrected chi connectivity index (χ4v) is 4.34. The Morgan fingerprint density at radius 2 is 1.79 bits per heavy atom. The molecule has 29 heavy (non-hydrogen) atoms. The van der Waals surface area contributed by atoms with Crippen LogP contribution in [0.3, 0.4) is 0 Å². The lowest BCUT2D eigenvalue weighted by molar-refractivity contribution is -0.146. The molecule has 1 N–H and O–H groups in total. The maximum absolute atomic E-state index is 13.4. The minimum Gasteiger partial charge on any atom is -0.346 e. The minimum absolute atomic E-state index is 0.0615. The number of nitrogens with one attached hydrogen (secondary N) is 1. The highest BCUT2D eigenvalue weighted by molar-refractivity contribution is 5.91. The summed E-state index contributed by atoms with van der Waals surface area (Å²) in [6.45, 7) is 4.55. The monoisotopic (exact) mass is 394 g/mol. The summed E-state index contributed by atoms with van der Waals surface area (Å²) in [4.78, 5) is 28.1. The number of hydrogen-bond acceptors (Lipinski definition) is 2. The minimum atomic E-state index is -0.448. The molecule has 0 unspecified atom stereocenters. The number of hydrogen-bond donors (Lipinski definition) is 1. The third-order valence-corrected chi connectivity index (χ3v) is 5.96. The van der Waals surface area contributed by atoms with Gasteiger partial charge in [0.1, 0.15) is 11.9 Å². The first-order valence-electron chi connectivity index (χ1n) is 10.3. The summed E-state index contributed by atoms with van der Waals surface area (Å²) in [5.74, 6) is 0.0956. The quantitative estimate of drug-likeness (QED) is 0.832. The molecule has 4 rings (SSSR count). The molecule has 1 aliphatic carbocycles. The van der Waals surface area contributed by atoms with E-state index in [0.29, 0.717) is 18.9 Å². The Hall–Kier alpha value is -2.69. The van der Waals surface area contributed by atoms with Gasteiger partial charge in [0.25, 0.3) is 0 Å². The van der Waals surface area contributed by atoms with Gasteiger partial charge in [-0.25, -0.2) is 4.39 Å². The van der Waals surface area contributed by atoms with Gasteiger partial charge in [0, 0.05) is 12.5 Å². The SMILES string of the molecule is CC(C)C[C@H]1C(=O)N[C@@H](c2ccc(F)cc2)CN1C(=O)[C@@H]1C[C@H]1c1ccccc1. The number of amides is 2. The van der Waals surface area contributed by atoms with Crippen molar-refractivity contribution in [1.29, 1.82) is 0 Å². The Morgan fingerprint density at radius 1 is 1.10 bits per heavy atom. The molecule has 0 radical (unpaired) electrons. The molecule has 0 spiro atoms. The van der Waals surface area contributed by atoms with E-state index < -0.39 is 6.04 Å². The van der Waals surface area contributed by atoms with Gasteiger partial charge in [0.05, 0.1) is 6.04 Å². The number of benzene rings is 2. The number of piperazine rings is 1. The summed E-state index contributed by atoms with van der Waals surface area (Å²) < 4.78 is 13.3. The van der Waals surface area contributed by atoms with Crippen molar-refractivity contribution in [2.24, 2.45) is 11.8 Å². The molecule has 2 aromatic carbocycles. The van der Waals surface area contributed by atoms with Gasteiger partial charge in [0.2, 0.25) is 11.8 Å². The van der Waals surface area contributed by atoms with Crippen molar-refractivity contribution < 1.29 is 14.0 Å².